The second-order valence-corrected chi connectivity index (χ2v) is 6.76. The van der Waals surface area contributed by atoms with Gasteiger partial charge in [-0.05, 0) is 37.1 Å². The summed E-state index contributed by atoms with van der Waals surface area (Å²) in [4.78, 5) is 29.1. The van der Waals surface area contributed by atoms with E-state index in [4.69, 9.17) is 9.47 Å². The lowest BCUT2D eigenvalue weighted by Crippen LogP contribution is -2.36. The summed E-state index contributed by atoms with van der Waals surface area (Å²) in [7, 11) is 0. The van der Waals surface area contributed by atoms with Gasteiger partial charge in [-0.2, -0.15) is 0 Å². The Morgan fingerprint density at radius 2 is 1.78 bits per heavy atom. The fourth-order valence-electron chi connectivity index (χ4n) is 3.38. The van der Waals surface area contributed by atoms with Gasteiger partial charge < -0.3 is 20.1 Å². The number of ether oxygens (including phenoxy) is 2. The number of hydrogen-bond acceptors (Lipinski definition) is 5. The van der Waals surface area contributed by atoms with Gasteiger partial charge in [-0.1, -0.05) is 19.3 Å². The van der Waals surface area contributed by atoms with Crippen molar-refractivity contribution in [2.45, 2.75) is 38.1 Å². The lowest BCUT2D eigenvalue weighted by Gasteiger charge is -2.22. The molecule has 0 unspecified atom stereocenters. The lowest BCUT2D eigenvalue weighted by molar-refractivity contribution is 0.0922. The van der Waals surface area contributed by atoms with Gasteiger partial charge in [-0.25, -0.2) is 0 Å². The molecule has 2 aliphatic rings. The first-order valence-corrected chi connectivity index (χ1v) is 9.17. The average molecular weight is 367 g/mol. The van der Waals surface area contributed by atoms with E-state index in [0.29, 0.717) is 22.7 Å². The summed E-state index contributed by atoms with van der Waals surface area (Å²) in [5.41, 5.74) is 1.21. The number of amides is 2. The van der Waals surface area contributed by atoms with Crippen molar-refractivity contribution in [1.29, 1.82) is 0 Å². The first-order chi connectivity index (χ1) is 13.2. The van der Waals surface area contributed by atoms with Crippen molar-refractivity contribution in [2.24, 2.45) is 0 Å². The predicted octanol–water partition coefficient (Wildman–Crippen LogP) is 3.13. The first-order valence-electron chi connectivity index (χ1n) is 9.17. The molecule has 0 atom stereocenters. The zero-order valence-corrected chi connectivity index (χ0v) is 14.9. The second-order valence-electron chi connectivity index (χ2n) is 6.76. The molecule has 1 aliphatic heterocycles. The van der Waals surface area contributed by atoms with Crippen molar-refractivity contribution in [3.8, 4) is 11.5 Å². The summed E-state index contributed by atoms with van der Waals surface area (Å²) < 4.78 is 10.6. The average Bonchev–Trinajstić information content (AvgIpc) is 3.16. The van der Waals surface area contributed by atoms with Crippen molar-refractivity contribution in [3.05, 3.63) is 47.8 Å². The number of hydrogen-bond donors (Lipinski definition) is 2. The Balaban J connectivity index is 1.43. The first kappa shape index (κ1) is 17.3. The third kappa shape index (κ3) is 4.02. The van der Waals surface area contributed by atoms with Crippen LogP contribution in [0.2, 0.25) is 0 Å². The van der Waals surface area contributed by atoms with E-state index in [9.17, 15) is 9.59 Å². The molecule has 1 fully saturated rings. The highest BCUT2D eigenvalue weighted by atomic mass is 16.7. The van der Waals surface area contributed by atoms with Crippen LogP contribution in [0.3, 0.4) is 0 Å². The van der Waals surface area contributed by atoms with E-state index in [0.717, 1.165) is 25.7 Å². The van der Waals surface area contributed by atoms with Gasteiger partial charge in [0.1, 0.15) is 5.69 Å². The number of rotatable bonds is 4. The third-order valence-electron chi connectivity index (χ3n) is 4.83. The highest BCUT2D eigenvalue weighted by Gasteiger charge is 2.19. The van der Waals surface area contributed by atoms with E-state index < -0.39 is 0 Å². The summed E-state index contributed by atoms with van der Waals surface area (Å²) in [5.74, 6) is 0.691. The number of nitrogens with zero attached hydrogens (tertiary/aromatic N) is 1. The molecule has 2 amide bonds. The molecule has 0 saturated heterocycles. The van der Waals surface area contributed by atoms with Gasteiger partial charge >= 0.3 is 0 Å². The number of carbonyl (C=O) groups excluding carboxylic acids is 2. The molecular formula is C20H21N3O4. The molecule has 0 radical (unpaired) electrons. The largest absolute Gasteiger partial charge is 0.454 e. The molecule has 2 aromatic rings. The second kappa shape index (κ2) is 7.65. The number of benzene rings is 1. The molecule has 1 aromatic carbocycles. The quantitative estimate of drug-likeness (QED) is 0.867. The summed E-state index contributed by atoms with van der Waals surface area (Å²) >= 11 is 0. The summed E-state index contributed by atoms with van der Waals surface area (Å²) in [6.45, 7) is 0.177. The molecule has 2 heterocycles. The number of aromatic nitrogens is 1. The van der Waals surface area contributed by atoms with Crippen LogP contribution < -0.4 is 20.1 Å². The molecule has 0 spiro atoms. The molecule has 2 N–H and O–H groups in total. The van der Waals surface area contributed by atoms with Crippen molar-refractivity contribution < 1.29 is 19.1 Å². The van der Waals surface area contributed by atoms with Crippen molar-refractivity contribution in [3.63, 3.8) is 0 Å². The Labute approximate surface area is 157 Å². The van der Waals surface area contributed by atoms with Crippen LogP contribution in [0, 0.1) is 0 Å². The minimum atomic E-state index is -0.317. The van der Waals surface area contributed by atoms with Crippen molar-refractivity contribution >= 4 is 17.5 Å². The molecule has 0 bridgehead atoms. The number of carbonyl (C=O) groups is 2. The van der Waals surface area contributed by atoms with Gasteiger partial charge in [0.25, 0.3) is 11.8 Å². The Kier molecular flexibility index (Phi) is 4.91. The fraction of sp³-hybridized carbons (Fsp3) is 0.350. The molecule has 140 valence electrons. The molecule has 7 nitrogen and oxygen atoms in total. The van der Waals surface area contributed by atoms with Gasteiger partial charge in [0.15, 0.2) is 11.5 Å². The van der Waals surface area contributed by atoms with Crippen LogP contribution in [0.1, 0.15) is 53.0 Å². The van der Waals surface area contributed by atoms with Crippen LogP contribution >= 0.6 is 0 Å². The van der Waals surface area contributed by atoms with Crippen LogP contribution in [0.4, 0.5) is 5.69 Å². The molecule has 1 aliphatic carbocycles. The fourth-order valence-corrected chi connectivity index (χ4v) is 3.38. The number of nitrogens with one attached hydrogen (secondary N) is 2. The lowest BCUT2D eigenvalue weighted by atomic mass is 9.95. The van der Waals surface area contributed by atoms with Crippen molar-refractivity contribution in [1.82, 2.24) is 10.3 Å². The molecular weight excluding hydrogens is 346 g/mol. The topological polar surface area (TPSA) is 89.6 Å². The summed E-state index contributed by atoms with van der Waals surface area (Å²) in [5, 5.41) is 5.82. The maximum absolute atomic E-state index is 12.5. The van der Waals surface area contributed by atoms with Crippen LogP contribution in [0.5, 0.6) is 11.5 Å². The van der Waals surface area contributed by atoms with E-state index in [1.807, 2.05) is 0 Å². The SMILES string of the molecule is O=C(Nc1ccc2c(c1)OCO2)c1ccnc(C(=O)NC2CCCCC2)c1. The van der Waals surface area contributed by atoms with E-state index in [2.05, 4.69) is 15.6 Å². The van der Waals surface area contributed by atoms with E-state index in [-0.39, 0.29) is 30.3 Å². The maximum Gasteiger partial charge on any atom is 0.270 e. The van der Waals surface area contributed by atoms with Crippen LogP contribution in [-0.2, 0) is 0 Å². The minimum absolute atomic E-state index is 0.177. The van der Waals surface area contributed by atoms with Crippen LogP contribution in [-0.4, -0.2) is 29.6 Å². The molecule has 7 heteroatoms. The van der Waals surface area contributed by atoms with Gasteiger partial charge in [0.2, 0.25) is 6.79 Å². The Morgan fingerprint density at radius 3 is 2.63 bits per heavy atom. The third-order valence-corrected chi connectivity index (χ3v) is 4.83. The van der Waals surface area contributed by atoms with Crippen LogP contribution in [0.15, 0.2) is 36.5 Å². The zero-order valence-electron chi connectivity index (χ0n) is 14.9. The van der Waals surface area contributed by atoms with Gasteiger partial charge in [-0.3, -0.25) is 14.6 Å². The Hall–Kier alpha value is -3.09. The van der Waals surface area contributed by atoms with E-state index in [1.54, 1.807) is 24.3 Å². The Bertz CT molecular complexity index is 862. The molecule has 1 aromatic heterocycles. The normalized spacial score (nSPS) is 16.0. The van der Waals surface area contributed by atoms with Gasteiger partial charge in [-0.15, -0.1) is 0 Å². The number of fused-ring (bicyclic) bond motifs is 1. The Morgan fingerprint density at radius 1 is 0.963 bits per heavy atom. The number of anilines is 1. The summed E-state index contributed by atoms with van der Waals surface area (Å²) in [6, 6.07) is 8.48. The number of pyridine rings is 1. The minimum Gasteiger partial charge on any atom is -0.454 e. The van der Waals surface area contributed by atoms with Gasteiger partial charge in [0, 0.05) is 29.6 Å². The maximum atomic E-state index is 12.5. The molecule has 27 heavy (non-hydrogen) atoms. The van der Waals surface area contributed by atoms with Gasteiger partial charge in [0.05, 0.1) is 0 Å². The highest BCUT2D eigenvalue weighted by molar-refractivity contribution is 6.05. The highest BCUT2D eigenvalue weighted by Crippen LogP contribution is 2.34. The zero-order chi connectivity index (χ0) is 18.6. The monoisotopic (exact) mass is 367 g/mol. The molecule has 1 saturated carbocycles. The standard InChI is InChI=1S/C20H21N3O4/c24-19(23-15-6-7-17-18(11-15)27-12-26-17)13-8-9-21-16(10-13)20(25)22-14-4-2-1-3-5-14/h6-11,14H,1-5,12H2,(H,22,25)(H,23,24). The predicted molar refractivity (Wildman–Crippen MR) is 99.1 cm³/mol. The van der Waals surface area contributed by atoms with E-state index >= 15 is 0 Å². The smallest absolute Gasteiger partial charge is 0.270 e. The van der Waals surface area contributed by atoms with Crippen LogP contribution in [0.25, 0.3) is 0 Å². The summed E-state index contributed by atoms with van der Waals surface area (Å²) in [6.07, 6.45) is 6.96. The van der Waals surface area contributed by atoms with E-state index in [1.165, 1.54) is 18.7 Å². The molecule has 4 rings (SSSR count). The van der Waals surface area contributed by atoms with Crippen molar-refractivity contribution in [2.75, 3.05) is 12.1 Å².